The largest absolute Gasteiger partial charge is 0.465 e. The lowest BCUT2D eigenvalue weighted by Gasteiger charge is -2.36. The molecule has 4 unspecified atom stereocenters. The highest BCUT2D eigenvalue weighted by molar-refractivity contribution is 5.87. The van der Waals surface area contributed by atoms with Crippen molar-refractivity contribution in [2.45, 2.75) is 83.7 Å². The zero-order chi connectivity index (χ0) is 39.8. The van der Waals surface area contributed by atoms with E-state index < -0.39 is 90.9 Å². The van der Waals surface area contributed by atoms with Crippen molar-refractivity contribution in [1.82, 2.24) is 36.6 Å². The molecule has 1 heterocycles. The van der Waals surface area contributed by atoms with Gasteiger partial charge in [0.1, 0.15) is 18.6 Å². The highest BCUT2D eigenvalue weighted by Crippen LogP contribution is 2.41. The van der Waals surface area contributed by atoms with Gasteiger partial charge in [0.25, 0.3) is 12.3 Å². The fourth-order valence-corrected chi connectivity index (χ4v) is 4.61. The van der Waals surface area contributed by atoms with Gasteiger partial charge in [-0.15, -0.1) is 0 Å². The summed E-state index contributed by atoms with van der Waals surface area (Å²) in [6.07, 6.45) is -17.0. The van der Waals surface area contributed by atoms with Crippen LogP contribution in [-0.4, -0.2) is 101 Å². The molecule has 292 valence electrons. The number of carbonyl (C=O) groups excluding carboxylic acids is 3. The van der Waals surface area contributed by atoms with Crippen molar-refractivity contribution in [3.8, 4) is 11.3 Å². The number of alkyl carbamates (subject to hydrolysis) is 1. The summed E-state index contributed by atoms with van der Waals surface area (Å²) in [5, 5.41) is 29.7. The van der Waals surface area contributed by atoms with E-state index in [1.807, 2.05) is 5.43 Å². The molecule has 2 rings (SSSR count). The molecular weight excluding hydrogens is 722 g/mol. The number of aliphatic hydroxyl groups is 1. The number of alkyl halides is 8. The zero-order valence-electron chi connectivity index (χ0n) is 28.3. The molecule has 2 aromatic rings. The summed E-state index contributed by atoms with van der Waals surface area (Å²) < 4.78 is 114. The van der Waals surface area contributed by atoms with Crippen LogP contribution in [0, 0.1) is 10.8 Å². The third-order valence-corrected chi connectivity index (χ3v) is 8.13. The van der Waals surface area contributed by atoms with Crippen molar-refractivity contribution in [3.05, 3.63) is 42.1 Å². The van der Waals surface area contributed by atoms with Gasteiger partial charge in [0.2, 0.25) is 5.91 Å². The summed E-state index contributed by atoms with van der Waals surface area (Å²) in [4.78, 5) is 49.1. The number of hydrazine groups is 1. The highest BCUT2D eigenvalue weighted by Gasteiger charge is 2.57. The van der Waals surface area contributed by atoms with E-state index in [0.29, 0.717) is 44.5 Å². The summed E-state index contributed by atoms with van der Waals surface area (Å²) in [5.41, 5.74) is -0.667. The number of nitrogens with one attached hydrogen (secondary N) is 5. The van der Waals surface area contributed by atoms with Crippen LogP contribution in [0.1, 0.15) is 33.3 Å². The van der Waals surface area contributed by atoms with Gasteiger partial charge in [-0.1, -0.05) is 24.3 Å². The number of hydrogen-bond donors (Lipinski definition) is 7. The number of carboxylic acid groups (broad SMARTS) is 1. The number of benzene rings is 1. The van der Waals surface area contributed by atoms with E-state index in [9.17, 15) is 64.5 Å². The Morgan fingerprint density at radius 2 is 1.38 bits per heavy atom. The Morgan fingerprint density at radius 3 is 1.87 bits per heavy atom. The number of methoxy groups -OCH3 is 1. The minimum Gasteiger partial charge on any atom is -0.465 e. The number of carbonyl (C=O) groups is 4. The Morgan fingerprint density at radius 1 is 0.846 bits per heavy atom. The van der Waals surface area contributed by atoms with Gasteiger partial charge in [0.15, 0.2) is 0 Å². The maximum Gasteiger partial charge on any atom is 0.407 e. The van der Waals surface area contributed by atoms with Gasteiger partial charge in [0, 0.05) is 18.3 Å². The average molecular weight is 762 g/mol. The fourth-order valence-electron chi connectivity index (χ4n) is 4.61. The first-order valence-electron chi connectivity index (χ1n) is 15.2. The van der Waals surface area contributed by atoms with Gasteiger partial charge in [-0.3, -0.25) is 19.7 Å². The van der Waals surface area contributed by atoms with Gasteiger partial charge in [-0.2, -0.15) is 31.4 Å². The number of amides is 4. The summed E-state index contributed by atoms with van der Waals surface area (Å²) in [6, 6.07) is 1.11. The molecule has 4 amide bonds. The Bertz CT molecular complexity index is 1530. The molecule has 1 aromatic carbocycles. The fraction of sp³-hybridized carbons (Fsp3) is 0.567. The van der Waals surface area contributed by atoms with Gasteiger partial charge < -0.3 is 30.9 Å². The standard InChI is InChI=1S/C30H39F8N7O7/c1-27(2,29(33,34)35)21(41-25(49)50)23(47)40-18(12-15-6-8-16(9-7-15)17-10-11-45(44-17)14-20(31)32)19(46)13-39-43-24(48)22(42-26(51)52-5)28(3,4)30(36,37)38/h6-11,18-22,39,41,46H,12-14H2,1-5H3,(H,40,47)(H,42,51)(H,43,48)(H,49,50). The molecule has 14 nitrogen and oxygen atoms in total. The summed E-state index contributed by atoms with van der Waals surface area (Å²) in [7, 11) is 0.845. The predicted molar refractivity (Wildman–Crippen MR) is 165 cm³/mol. The molecule has 0 aliphatic heterocycles. The second-order valence-corrected chi connectivity index (χ2v) is 12.7. The molecule has 0 aliphatic rings. The molecule has 0 aliphatic carbocycles. The van der Waals surface area contributed by atoms with Crippen molar-refractivity contribution >= 4 is 24.0 Å². The van der Waals surface area contributed by atoms with Crippen molar-refractivity contribution < 1.29 is 69.3 Å². The maximum absolute atomic E-state index is 13.9. The summed E-state index contributed by atoms with van der Waals surface area (Å²) >= 11 is 0. The zero-order valence-corrected chi connectivity index (χ0v) is 28.3. The van der Waals surface area contributed by atoms with Gasteiger partial charge in [-0.05, 0) is 45.7 Å². The molecule has 0 spiro atoms. The van der Waals surface area contributed by atoms with Crippen LogP contribution in [0.25, 0.3) is 11.3 Å². The number of nitrogens with zero attached hydrogens (tertiary/aromatic N) is 2. The molecule has 7 N–H and O–H groups in total. The second kappa shape index (κ2) is 17.2. The molecule has 0 radical (unpaired) electrons. The van der Waals surface area contributed by atoms with Crippen LogP contribution in [0.15, 0.2) is 36.5 Å². The van der Waals surface area contributed by atoms with Crippen LogP contribution in [0.2, 0.25) is 0 Å². The number of ether oxygens (including phenoxy) is 1. The van der Waals surface area contributed by atoms with Crippen LogP contribution in [0.3, 0.4) is 0 Å². The van der Waals surface area contributed by atoms with Crippen LogP contribution in [0.4, 0.5) is 44.7 Å². The number of aromatic nitrogens is 2. The molecule has 22 heteroatoms. The SMILES string of the molecule is COC(=O)NC(C(=O)NNCC(O)C(Cc1ccc(-c2ccn(CC(F)F)n2)cc1)NC(=O)C(NC(=O)O)C(C)(C)C(F)(F)F)C(C)(C)C(F)(F)F. The Balaban J connectivity index is 2.37. The Hall–Kier alpha value is -4.73. The van der Waals surface area contributed by atoms with Crippen molar-refractivity contribution in [1.29, 1.82) is 0 Å². The molecule has 0 bridgehead atoms. The minimum atomic E-state index is -5.10. The van der Waals surface area contributed by atoms with E-state index in [1.165, 1.54) is 41.8 Å². The van der Waals surface area contributed by atoms with Crippen molar-refractivity contribution in [2.75, 3.05) is 13.7 Å². The average Bonchev–Trinajstić information content (AvgIpc) is 3.48. The molecule has 0 saturated heterocycles. The summed E-state index contributed by atoms with van der Waals surface area (Å²) in [5.74, 6) is -2.95. The van der Waals surface area contributed by atoms with Gasteiger partial charge in [0.05, 0.1) is 35.8 Å². The smallest absolute Gasteiger partial charge is 0.407 e. The second-order valence-electron chi connectivity index (χ2n) is 12.7. The molecule has 0 saturated carbocycles. The van der Waals surface area contributed by atoms with E-state index in [2.05, 4.69) is 20.6 Å². The minimum absolute atomic E-state index is 0.308. The monoisotopic (exact) mass is 761 g/mol. The van der Waals surface area contributed by atoms with E-state index >= 15 is 0 Å². The lowest BCUT2D eigenvalue weighted by Crippen LogP contribution is -2.63. The third-order valence-electron chi connectivity index (χ3n) is 8.13. The van der Waals surface area contributed by atoms with Crippen molar-refractivity contribution in [3.63, 3.8) is 0 Å². The number of aliphatic hydroxyl groups excluding tert-OH is 1. The molecule has 4 atom stereocenters. The van der Waals surface area contributed by atoms with Crippen LogP contribution in [0.5, 0.6) is 0 Å². The number of hydrogen-bond acceptors (Lipinski definition) is 8. The lowest BCUT2D eigenvalue weighted by atomic mass is 9.82. The molecular formula is C30H39F8N7O7. The molecule has 52 heavy (non-hydrogen) atoms. The number of rotatable bonds is 16. The van der Waals surface area contributed by atoms with E-state index in [1.54, 1.807) is 5.32 Å². The van der Waals surface area contributed by atoms with E-state index in [4.69, 9.17) is 0 Å². The van der Waals surface area contributed by atoms with Crippen LogP contribution < -0.4 is 26.8 Å². The first kappa shape index (κ1) is 43.4. The third kappa shape index (κ3) is 11.4. The lowest BCUT2D eigenvalue weighted by molar-refractivity contribution is -0.221. The van der Waals surface area contributed by atoms with Gasteiger partial charge >= 0.3 is 24.5 Å². The van der Waals surface area contributed by atoms with Crippen molar-refractivity contribution in [2.24, 2.45) is 10.8 Å². The molecule has 0 fully saturated rings. The summed E-state index contributed by atoms with van der Waals surface area (Å²) in [6.45, 7) is 0.969. The molecule has 1 aromatic heterocycles. The van der Waals surface area contributed by atoms with Crippen LogP contribution >= 0.6 is 0 Å². The normalized spacial score (nSPS) is 14.9. The Labute approximate surface area is 291 Å². The van der Waals surface area contributed by atoms with Gasteiger partial charge in [-0.25, -0.2) is 23.8 Å². The Kier molecular flexibility index (Phi) is 14.4. The van der Waals surface area contributed by atoms with Crippen LogP contribution in [-0.2, 0) is 27.3 Å². The maximum atomic E-state index is 13.9. The topological polar surface area (TPSA) is 196 Å². The predicted octanol–water partition coefficient (Wildman–Crippen LogP) is 3.36. The number of halogens is 8. The first-order valence-corrected chi connectivity index (χ1v) is 15.2. The van der Waals surface area contributed by atoms with E-state index in [0.717, 1.165) is 11.8 Å². The van der Waals surface area contributed by atoms with E-state index in [-0.39, 0.29) is 6.42 Å². The first-order chi connectivity index (χ1) is 23.8. The highest BCUT2D eigenvalue weighted by atomic mass is 19.4. The quantitative estimate of drug-likeness (QED) is 0.0992.